The van der Waals surface area contributed by atoms with Crippen molar-refractivity contribution in [2.45, 2.75) is 25.7 Å². The van der Waals surface area contributed by atoms with Gasteiger partial charge >= 0.3 is 0 Å². The number of carbonyl (C=O) groups is 2. The summed E-state index contributed by atoms with van der Waals surface area (Å²) in [6.07, 6.45) is 5.61. The Balaban J connectivity index is 2.20. The molecule has 1 N–H and O–H groups in total. The van der Waals surface area contributed by atoms with Gasteiger partial charge in [-0.3, -0.25) is 9.69 Å². The number of hydrogen-bond donors (Lipinski definition) is 1. The quantitative estimate of drug-likeness (QED) is 0.655. The fraction of sp³-hybridized carbons (Fsp3) is 0.800. The maximum Gasteiger partial charge on any atom is 0.234 e. The number of amides is 1. The Morgan fingerprint density at radius 1 is 1.21 bits per heavy atom. The van der Waals surface area contributed by atoms with Crippen LogP contribution in [0, 0.1) is 0 Å². The summed E-state index contributed by atoms with van der Waals surface area (Å²) in [5.41, 5.74) is 0. The Bertz CT molecular complexity index is 187. The highest BCUT2D eigenvalue weighted by Gasteiger charge is 2.11. The van der Waals surface area contributed by atoms with Gasteiger partial charge in [-0.05, 0) is 25.9 Å². The lowest BCUT2D eigenvalue weighted by atomic mass is 10.2. The molecule has 0 bridgehead atoms. The lowest BCUT2D eigenvalue weighted by Gasteiger charge is -2.18. The molecule has 1 aliphatic rings. The molecule has 0 atom stereocenters. The van der Waals surface area contributed by atoms with Gasteiger partial charge in [0, 0.05) is 0 Å². The average Bonchev–Trinajstić information content (AvgIpc) is 2.43. The molecule has 1 rings (SSSR count). The highest BCUT2D eigenvalue weighted by atomic mass is 16.2. The summed E-state index contributed by atoms with van der Waals surface area (Å²) < 4.78 is 0. The number of hydrogen-bond acceptors (Lipinski definition) is 3. The maximum absolute atomic E-state index is 11.3. The van der Waals surface area contributed by atoms with Gasteiger partial charge in [-0.2, -0.15) is 0 Å². The normalized spacial score (nSPS) is 18.6. The summed E-state index contributed by atoms with van der Waals surface area (Å²) in [6.45, 7) is 2.59. The van der Waals surface area contributed by atoms with E-state index in [1.54, 1.807) is 0 Å². The molecule has 1 aliphatic heterocycles. The molecule has 0 saturated carbocycles. The zero-order valence-electron chi connectivity index (χ0n) is 8.50. The highest BCUT2D eigenvalue weighted by Crippen LogP contribution is 2.08. The standard InChI is InChI=1S/C10H18N2O2/c13-8-5-11-10(14)9-12-6-3-1-2-4-7-12/h8H,1-7,9H2,(H,11,14). The fourth-order valence-electron chi connectivity index (χ4n) is 1.71. The molecule has 1 saturated heterocycles. The number of carbonyl (C=O) groups excluding carboxylic acids is 2. The second kappa shape index (κ2) is 6.54. The van der Waals surface area contributed by atoms with Crippen LogP contribution in [0.5, 0.6) is 0 Å². The fourth-order valence-corrected chi connectivity index (χ4v) is 1.71. The highest BCUT2D eigenvalue weighted by molar-refractivity contribution is 5.80. The van der Waals surface area contributed by atoms with Crippen molar-refractivity contribution in [2.75, 3.05) is 26.2 Å². The summed E-state index contributed by atoms with van der Waals surface area (Å²) in [5.74, 6) is -0.0426. The number of rotatable bonds is 4. The van der Waals surface area contributed by atoms with Crippen LogP contribution in [-0.2, 0) is 9.59 Å². The Morgan fingerprint density at radius 2 is 1.86 bits per heavy atom. The first kappa shape index (κ1) is 11.2. The van der Waals surface area contributed by atoms with Gasteiger partial charge < -0.3 is 10.1 Å². The Labute approximate surface area is 84.7 Å². The maximum atomic E-state index is 11.3. The van der Waals surface area contributed by atoms with Crippen LogP contribution in [-0.4, -0.2) is 43.3 Å². The Kier molecular flexibility index (Phi) is 5.22. The van der Waals surface area contributed by atoms with E-state index in [2.05, 4.69) is 10.2 Å². The van der Waals surface area contributed by atoms with Crippen molar-refractivity contribution >= 4 is 12.2 Å². The third-order valence-electron chi connectivity index (χ3n) is 2.45. The average molecular weight is 198 g/mol. The molecule has 1 heterocycles. The Morgan fingerprint density at radius 3 is 2.43 bits per heavy atom. The molecule has 0 aromatic carbocycles. The SMILES string of the molecule is O=CCNC(=O)CN1CCCCCC1. The minimum absolute atomic E-state index is 0.0426. The van der Waals surface area contributed by atoms with E-state index < -0.39 is 0 Å². The minimum atomic E-state index is -0.0426. The predicted octanol–water partition coefficient (Wildman–Crippen LogP) is 0.177. The molecular formula is C10H18N2O2. The molecule has 0 radical (unpaired) electrons. The Hall–Kier alpha value is -0.900. The van der Waals surface area contributed by atoms with Crippen LogP contribution in [0.3, 0.4) is 0 Å². The van der Waals surface area contributed by atoms with Crippen LogP contribution in [0.25, 0.3) is 0 Å². The van der Waals surface area contributed by atoms with Crippen LogP contribution in [0.15, 0.2) is 0 Å². The number of nitrogens with zero attached hydrogens (tertiary/aromatic N) is 1. The zero-order chi connectivity index (χ0) is 10.2. The largest absolute Gasteiger partial charge is 0.348 e. The van der Waals surface area contributed by atoms with E-state index >= 15 is 0 Å². The topological polar surface area (TPSA) is 49.4 Å². The molecule has 1 fully saturated rings. The van der Waals surface area contributed by atoms with Crippen molar-refractivity contribution in [3.05, 3.63) is 0 Å². The van der Waals surface area contributed by atoms with Crippen molar-refractivity contribution in [3.63, 3.8) is 0 Å². The summed E-state index contributed by atoms with van der Waals surface area (Å²) in [5, 5.41) is 2.55. The van der Waals surface area contributed by atoms with E-state index in [0.29, 0.717) is 12.8 Å². The van der Waals surface area contributed by atoms with E-state index in [1.807, 2.05) is 0 Å². The second-order valence-corrected chi connectivity index (χ2v) is 3.66. The molecule has 0 aromatic heterocycles. The third-order valence-corrected chi connectivity index (χ3v) is 2.45. The number of likely N-dealkylation sites (tertiary alicyclic amines) is 1. The van der Waals surface area contributed by atoms with Crippen LogP contribution in [0.2, 0.25) is 0 Å². The zero-order valence-corrected chi connectivity index (χ0v) is 8.50. The van der Waals surface area contributed by atoms with Crippen molar-refractivity contribution < 1.29 is 9.59 Å². The molecule has 1 amide bonds. The summed E-state index contributed by atoms with van der Waals surface area (Å²) >= 11 is 0. The van der Waals surface area contributed by atoms with E-state index in [0.717, 1.165) is 13.1 Å². The first-order chi connectivity index (χ1) is 6.83. The van der Waals surface area contributed by atoms with Crippen molar-refractivity contribution in [2.24, 2.45) is 0 Å². The first-order valence-corrected chi connectivity index (χ1v) is 5.25. The van der Waals surface area contributed by atoms with Gasteiger partial charge in [-0.1, -0.05) is 12.8 Å². The van der Waals surface area contributed by atoms with Crippen LogP contribution in [0.1, 0.15) is 25.7 Å². The van der Waals surface area contributed by atoms with Gasteiger partial charge in [-0.15, -0.1) is 0 Å². The molecule has 4 heteroatoms. The summed E-state index contributed by atoms with van der Waals surface area (Å²) in [6, 6.07) is 0. The molecule has 80 valence electrons. The van der Waals surface area contributed by atoms with Gasteiger partial charge in [0.05, 0.1) is 13.1 Å². The molecule has 0 unspecified atom stereocenters. The first-order valence-electron chi connectivity index (χ1n) is 5.25. The minimum Gasteiger partial charge on any atom is -0.348 e. The van der Waals surface area contributed by atoms with Gasteiger partial charge in [0.1, 0.15) is 6.29 Å². The van der Waals surface area contributed by atoms with Gasteiger partial charge in [-0.25, -0.2) is 0 Å². The van der Waals surface area contributed by atoms with E-state index in [4.69, 9.17) is 0 Å². The van der Waals surface area contributed by atoms with Crippen LogP contribution >= 0.6 is 0 Å². The molecule has 0 aliphatic carbocycles. The van der Waals surface area contributed by atoms with E-state index in [9.17, 15) is 9.59 Å². The number of nitrogens with one attached hydrogen (secondary N) is 1. The predicted molar refractivity (Wildman–Crippen MR) is 54.0 cm³/mol. The molecule has 4 nitrogen and oxygen atoms in total. The molecule has 14 heavy (non-hydrogen) atoms. The van der Waals surface area contributed by atoms with Crippen molar-refractivity contribution in [3.8, 4) is 0 Å². The lowest BCUT2D eigenvalue weighted by molar-refractivity contribution is -0.123. The molecular weight excluding hydrogens is 180 g/mol. The smallest absolute Gasteiger partial charge is 0.234 e. The van der Waals surface area contributed by atoms with E-state index in [-0.39, 0.29) is 12.5 Å². The number of aldehydes is 1. The monoisotopic (exact) mass is 198 g/mol. The van der Waals surface area contributed by atoms with Crippen molar-refractivity contribution in [1.29, 1.82) is 0 Å². The van der Waals surface area contributed by atoms with Gasteiger partial charge in [0.25, 0.3) is 0 Å². The van der Waals surface area contributed by atoms with Crippen molar-refractivity contribution in [1.82, 2.24) is 10.2 Å². The molecule has 0 spiro atoms. The summed E-state index contributed by atoms with van der Waals surface area (Å²) in [4.78, 5) is 23.5. The third kappa shape index (κ3) is 4.37. The van der Waals surface area contributed by atoms with E-state index in [1.165, 1.54) is 25.7 Å². The van der Waals surface area contributed by atoms with Gasteiger partial charge in [0.2, 0.25) is 5.91 Å². The molecule has 0 aromatic rings. The van der Waals surface area contributed by atoms with Crippen LogP contribution in [0.4, 0.5) is 0 Å². The second-order valence-electron chi connectivity index (χ2n) is 3.66. The summed E-state index contributed by atoms with van der Waals surface area (Å²) in [7, 11) is 0. The van der Waals surface area contributed by atoms with Gasteiger partial charge in [0.15, 0.2) is 0 Å². The lowest BCUT2D eigenvalue weighted by Crippen LogP contribution is -2.38. The van der Waals surface area contributed by atoms with Crippen LogP contribution < -0.4 is 5.32 Å².